The zero-order chi connectivity index (χ0) is 14.5. The van der Waals surface area contributed by atoms with Gasteiger partial charge in [0.25, 0.3) is 0 Å². The molecule has 2 aliphatic heterocycles. The molecule has 21 heavy (non-hydrogen) atoms. The van der Waals surface area contributed by atoms with E-state index in [4.69, 9.17) is 9.47 Å². The van der Waals surface area contributed by atoms with E-state index in [-0.39, 0.29) is 12.1 Å². The van der Waals surface area contributed by atoms with E-state index in [0.717, 1.165) is 25.1 Å². The van der Waals surface area contributed by atoms with Crippen LogP contribution in [0.5, 0.6) is 5.75 Å². The summed E-state index contributed by atoms with van der Waals surface area (Å²) in [6.07, 6.45) is 5.45. The van der Waals surface area contributed by atoms with E-state index in [9.17, 15) is 4.79 Å². The molecule has 2 amide bonds. The number of aromatic nitrogens is 1. The van der Waals surface area contributed by atoms with Crippen LogP contribution in [0.1, 0.15) is 12.8 Å². The van der Waals surface area contributed by atoms with Crippen molar-refractivity contribution in [2.24, 2.45) is 0 Å². The third-order valence-corrected chi connectivity index (χ3v) is 3.88. The van der Waals surface area contributed by atoms with Gasteiger partial charge in [-0.15, -0.1) is 0 Å². The van der Waals surface area contributed by atoms with Crippen LogP contribution in [0.2, 0.25) is 0 Å². The van der Waals surface area contributed by atoms with E-state index in [1.165, 1.54) is 0 Å². The van der Waals surface area contributed by atoms with Crippen molar-refractivity contribution in [3.05, 3.63) is 24.5 Å². The number of carbonyl (C=O) groups is 1. The number of urea groups is 1. The van der Waals surface area contributed by atoms with E-state index in [1.54, 1.807) is 12.4 Å². The molecule has 0 spiro atoms. The van der Waals surface area contributed by atoms with Crippen LogP contribution < -0.4 is 4.74 Å². The SMILES string of the molecule is O=C(N1CCOCC1)N1CCC[C@@H](Oc2ccncc2)C1. The lowest BCUT2D eigenvalue weighted by atomic mass is 10.1. The molecule has 1 aromatic rings. The smallest absolute Gasteiger partial charge is 0.320 e. The van der Waals surface area contributed by atoms with Gasteiger partial charge in [-0.05, 0) is 25.0 Å². The lowest BCUT2D eigenvalue weighted by Crippen LogP contribution is -2.52. The summed E-state index contributed by atoms with van der Waals surface area (Å²) in [5.74, 6) is 0.815. The molecule has 2 saturated heterocycles. The maximum atomic E-state index is 12.5. The number of hydrogen-bond donors (Lipinski definition) is 0. The fourth-order valence-electron chi connectivity index (χ4n) is 2.77. The number of piperidine rings is 1. The number of ether oxygens (including phenoxy) is 2. The van der Waals surface area contributed by atoms with Gasteiger partial charge < -0.3 is 19.3 Å². The fourth-order valence-corrected chi connectivity index (χ4v) is 2.77. The number of carbonyl (C=O) groups excluding carboxylic acids is 1. The first-order chi connectivity index (χ1) is 10.3. The van der Waals surface area contributed by atoms with Crippen LogP contribution in [-0.4, -0.2) is 66.3 Å². The number of likely N-dealkylation sites (tertiary alicyclic amines) is 1. The minimum absolute atomic E-state index is 0.0612. The summed E-state index contributed by atoms with van der Waals surface area (Å²) in [4.78, 5) is 20.2. The molecule has 114 valence electrons. The summed E-state index contributed by atoms with van der Waals surface area (Å²) in [6.45, 7) is 4.11. The van der Waals surface area contributed by atoms with Gasteiger partial charge in [0.1, 0.15) is 11.9 Å². The number of nitrogens with zero attached hydrogens (tertiary/aromatic N) is 3. The first-order valence-corrected chi connectivity index (χ1v) is 7.51. The third-order valence-electron chi connectivity index (χ3n) is 3.88. The van der Waals surface area contributed by atoms with Gasteiger partial charge in [-0.2, -0.15) is 0 Å². The number of amides is 2. The van der Waals surface area contributed by atoms with Gasteiger partial charge in [0, 0.05) is 32.0 Å². The molecule has 0 aromatic carbocycles. The summed E-state index contributed by atoms with van der Waals surface area (Å²) in [7, 11) is 0. The molecule has 1 atom stereocenters. The maximum absolute atomic E-state index is 12.5. The average molecular weight is 291 g/mol. The van der Waals surface area contributed by atoms with Crippen molar-refractivity contribution in [3.63, 3.8) is 0 Å². The molecule has 6 nitrogen and oxygen atoms in total. The molecule has 2 fully saturated rings. The summed E-state index contributed by atoms with van der Waals surface area (Å²) in [5.41, 5.74) is 0. The summed E-state index contributed by atoms with van der Waals surface area (Å²) < 4.78 is 11.2. The monoisotopic (exact) mass is 291 g/mol. The average Bonchev–Trinajstić information content (AvgIpc) is 2.56. The Morgan fingerprint density at radius 1 is 1.19 bits per heavy atom. The third kappa shape index (κ3) is 3.64. The van der Waals surface area contributed by atoms with Gasteiger partial charge in [0.05, 0.1) is 19.8 Å². The Hall–Kier alpha value is -1.82. The number of pyridine rings is 1. The Balaban J connectivity index is 1.56. The van der Waals surface area contributed by atoms with Crippen LogP contribution in [0.3, 0.4) is 0 Å². The minimum Gasteiger partial charge on any atom is -0.488 e. The summed E-state index contributed by atoms with van der Waals surface area (Å²) in [6, 6.07) is 3.81. The largest absolute Gasteiger partial charge is 0.488 e. The van der Waals surface area contributed by atoms with E-state index in [1.807, 2.05) is 21.9 Å². The van der Waals surface area contributed by atoms with Crippen molar-refractivity contribution < 1.29 is 14.3 Å². The second-order valence-electron chi connectivity index (χ2n) is 5.39. The first kappa shape index (κ1) is 14.1. The van der Waals surface area contributed by atoms with Crippen LogP contribution in [0.15, 0.2) is 24.5 Å². The molecule has 0 bridgehead atoms. The molecular weight excluding hydrogens is 270 g/mol. The van der Waals surface area contributed by atoms with Crippen LogP contribution in [0.25, 0.3) is 0 Å². The molecule has 6 heteroatoms. The zero-order valence-electron chi connectivity index (χ0n) is 12.1. The molecule has 0 unspecified atom stereocenters. The quantitative estimate of drug-likeness (QED) is 0.826. The highest BCUT2D eigenvalue weighted by atomic mass is 16.5. The topological polar surface area (TPSA) is 54.9 Å². The van der Waals surface area contributed by atoms with Crippen molar-refractivity contribution in [3.8, 4) is 5.75 Å². The Labute approximate surface area is 124 Å². The highest BCUT2D eigenvalue weighted by molar-refractivity contribution is 5.74. The van der Waals surface area contributed by atoms with E-state index >= 15 is 0 Å². The van der Waals surface area contributed by atoms with Crippen molar-refractivity contribution in [2.45, 2.75) is 18.9 Å². The van der Waals surface area contributed by atoms with Crippen LogP contribution >= 0.6 is 0 Å². The minimum atomic E-state index is 0.0612. The summed E-state index contributed by atoms with van der Waals surface area (Å²) >= 11 is 0. The van der Waals surface area contributed by atoms with Crippen LogP contribution in [-0.2, 0) is 4.74 Å². The van der Waals surface area contributed by atoms with Crippen molar-refractivity contribution in [2.75, 3.05) is 39.4 Å². The first-order valence-electron chi connectivity index (χ1n) is 7.51. The zero-order valence-corrected chi connectivity index (χ0v) is 12.1. The Kier molecular flexibility index (Phi) is 4.55. The molecular formula is C15H21N3O3. The van der Waals surface area contributed by atoms with Gasteiger partial charge >= 0.3 is 6.03 Å². The predicted octanol–water partition coefficient (Wildman–Crippen LogP) is 1.38. The molecule has 3 heterocycles. The number of hydrogen-bond acceptors (Lipinski definition) is 4. The van der Waals surface area contributed by atoms with E-state index < -0.39 is 0 Å². The van der Waals surface area contributed by atoms with Crippen molar-refractivity contribution in [1.29, 1.82) is 0 Å². The maximum Gasteiger partial charge on any atom is 0.320 e. The van der Waals surface area contributed by atoms with Gasteiger partial charge in [-0.3, -0.25) is 4.98 Å². The molecule has 0 aliphatic carbocycles. The Morgan fingerprint density at radius 2 is 1.95 bits per heavy atom. The van der Waals surface area contributed by atoms with Gasteiger partial charge in [0.15, 0.2) is 0 Å². The molecule has 0 N–H and O–H groups in total. The highest BCUT2D eigenvalue weighted by Gasteiger charge is 2.28. The van der Waals surface area contributed by atoms with Crippen LogP contribution in [0, 0.1) is 0 Å². The Bertz CT molecular complexity index is 462. The fraction of sp³-hybridized carbons (Fsp3) is 0.600. The number of rotatable bonds is 2. The normalized spacial score (nSPS) is 23.0. The number of morpholine rings is 1. The molecule has 1 aromatic heterocycles. The second-order valence-corrected chi connectivity index (χ2v) is 5.39. The Morgan fingerprint density at radius 3 is 2.71 bits per heavy atom. The van der Waals surface area contributed by atoms with Gasteiger partial charge in [-0.1, -0.05) is 0 Å². The highest BCUT2D eigenvalue weighted by Crippen LogP contribution is 2.19. The molecule has 3 rings (SSSR count). The lowest BCUT2D eigenvalue weighted by Gasteiger charge is -2.37. The predicted molar refractivity (Wildman–Crippen MR) is 77.2 cm³/mol. The summed E-state index contributed by atoms with van der Waals surface area (Å²) in [5, 5.41) is 0. The van der Waals surface area contributed by atoms with E-state index in [2.05, 4.69) is 4.98 Å². The van der Waals surface area contributed by atoms with Gasteiger partial charge in [-0.25, -0.2) is 4.79 Å². The second kappa shape index (κ2) is 6.76. The van der Waals surface area contributed by atoms with Crippen molar-refractivity contribution in [1.82, 2.24) is 14.8 Å². The van der Waals surface area contributed by atoms with Gasteiger partial charge in [0.2, 0.25) is 0 Å². The molecule has 2 aliphatic rings. The van der Waals surface area contributed by atoms with Crippen molar-refractivity contribution >= 4 is 6.03 Å². The van der Waals surface area contributed by atoms with E-state index in [0.29, 0.717) is 32.8 Å². The standard InChI is InChI=1S/C15H21N3O3/c19-15(17-8-10-20-11-9-17)18-7-1-2-14(12-18)21-13-3-5-16-6-4-13/h3-6,14H,1-2,7-12H2/t14-/m1/s1. The lowest BCUT2D eigenvalue weighted by molar-refractivity contribution is 0.0330. The van der Waals surface area contributed by atoms with Crippen LogP contribution in [0.4, 0.5) is 4.79 Å². The molecule has 0 radical (unpaired) electrons. The molecule has 0 saturated carbocycles.